The lowest BCUT2D eigenvalue weighted by atomic mass is 9.76. The first-order chi connectivity index (χ1) is 18.8. The van der Waals surface area contributed by atoms with Crippen LogP contribution >= 0.6 is 0 Å². The van der Waals surface area contributed by atoms with Crippen LogP contribution in [0, 0.1) is 19.8 Å². The second-order valence-corrected chi connectivity index (χ2v) is 10.0. The molecule has 2 N–H and O–H groups in total. The Balaban J connectivity index is 1.70. The molecule has 1 fully saturated rings. The predicted molar refractivity (Wildman–Crippen MR) is 151 cm³/mol. The van der Waals surface area contributed by atoms with E-state index < -0.39 is 35.9 Å². The van der Waals surface area contributed by atoms with Gasteiger partial charge in [0, 0.05) is 17.2 Å². The summed E-state index contributed by atoms with van der Waals surface area (Å²) in [4.78, 5) is 42.6. The van der Waals surface area contributed by atoms with Gasteiger partial charge in [-0.25, -0.2) is 9.59 Å². The van der Waals surface area contributed by atoms with E-state index in [0.717, 1.165) is 11.1 Å². The Bertz CT molecular complexity index is 1470. The Labute approximate surface area is 227 Å². The second kappa shape index (κ2) is 11.0. The standard InChI is InChI=1S/C33H30N2O4/c1-21-13-17-24(18-14-21)29-28(31(36)25-11-7-4-8-12-25)27(23-9-5-3-6-10-23)30(32(37)38)35(29)33(39)34-26-19-15-22(2)16-20-26/h3-20,27-30H,1-2H3,(H,34,39)(H,37,38). The first-order valence-electron chi connectivity index (χ1n) is 12.9. The predicted octanol–water partition coefficient (Wildman–Crippen LogP) is 6.63. The molecular weight excluding hydrogens is 488 g/mol. The van der Waals surface area contributed by atoms with E-state index in [-0.39, 0.29) is 5.78 Å². The molecule has 4 unspecified atom stereocenters. The van der Waals surface area contributed by atoms with Crippen molar-refractivity contribution in [2.75, 3.05) is 5.32 Å². The zero-order valence-corrected chi connectivity index (χ0v) is 21.8. The Morgan fingerprint density at radius 2 is 1.23 bits per heavy atom. The summed E-state index contributed by atoms with van der Waals surface area (Å²) < 4.78 is 0. The first kappa shape index (κ1) is 25.9. The molecule has 1 aliphatic rings. The second-order valence-electron chi connectivity index (χ2n) is 10.0. The molecule has 5 rings (SSSR count). The maximum absolute atomic E-state index is 14.3. The number of nitrogens with zero attached hydrogens (tertiary/aromatic N) is 1. The van der Waals surface area contributed by atoms with Crippen molar-refractivity contribution in [1.82, 2.24) is 4.90 Å². The number of anilines is 1. The van der Waals surface area contributed by atoms with Crippen molar-refractivity contribution >= 4 is 23.5 Å². The third kappa shape index (κ3) is 5.18. The Morgan fingerprint density at radius 3 is 1.79 bits per heavy atom. The number of urea groups is 1. The number of carbonyl (C=O) groups excluding carboxylic acids is 2. The molecule has 0 aliphatic carbocycles. The molecule has 0 saturated carbocycles. The SMILES string of the molecule is Cc1ccc(NC(=O)N2C(C(=O)O)C(c3ccccc3)C(C(=O)c3ccccc3)C2c2ccc(C)cc2)cc1. The summed E-state index contributed by atoms with van der Waals surface area (Å²) in [6.45, 7) is 3.91. The molecule has 6 nitrogen and oxygen atoms in total. The van der Waals surface area contributed by atoms with Gasteiger partial charge in [-0.05, 0) is 37.1 Å². The summed E-state index contributed by atoms with van der Waals surface area (Å²) in [5.41, 5.74) is 4.48. The van der Waals surface area contributed by atoms with Gasteiger partial charge < -0.3 is 15.3 Å². The lowest BCUT2D eigenvalue weighted by Gasteiger charge is -2.30. The molecule has 6 heteroatoms. The number of nitrogens with one attached hydrogen (secondary N) is 1. The minimum absolute atomic E-state index is 0.202. The fourth-order valence-electron chi connectivity index (χ4n) is 5.56. The lowest BCUT2D eigenvalue weighted by Crippen LogP contribution is -2.45. The molecule has 0 aromatic heterocycles. The van der Waals surface area contributed by atoms with Crippen LogP contribution in [0.3, 0.4) is 0 Å². The highest BCUT2D eigenvalue weighted by Crippen LogP contribution is 2.51. The number of carbonyl (C=O) groups is 3. The van der Waals surface area contributed by atoms with E-state index in [1.165, 1.54) is 4.90 Å². The minimum atomic E-state index is -1.28. The number of carboxylic acid groups (broad SMARTS) is 1. The van der Waals surface area contributed by atoms with Crippen molar-refractivity contribution in [1.29, 1.82) is 0 Å². The number of ketones is 1. The molecule has 0 spiro atoms. The van der Waals surface area contributed by atoms with Crippen LogP contribution in [0.2, 0.25) is 0 Å². The van der Waals surface area contributed by atoms with Crippen LogP contribution < -0.4 is 5.32 Å². The number of hydrogen-bond donors (Lipinski definition) is 2. The van der Waals surface area contributed by atoms with Gasteiger partial charge in [0.25, 0.3) is 0 Å². The smallest absolute Gasteiger partial charge is 0.327 e. The highest BCUT2D eigenvalue weighted by Gasteiger charge is 2.57. The largest absolute Gasteiger partial charge is 0.480 e. The monoisotopic (exact) mass is 518 g/mol. The van der Waals surface area contributed by atoms with E-state index in [2.05, 4.69) is 5.32 Å². The number of likely N-dealkylation sites (tertiary alicyclic amines) is 1. The molecule has 0 bridgehead atoms. The van der Waals surface area contributed by atoms with Gasteiger partial charge in [0.05, 0.1) is 12.0 Å². The molecule has 1 heterocycles. The highest BCUT2D eigenvalue weighted by molar-refractivity contribution is 6.02. The molecule has 4 atom stereocenters. The molecule has 1 saturated heterocycles. The third-order valence-electron chi connectivity index (χ3n) is 7.42. The zero-order chi connectivity index (χ0) is 27.5. The molecule has 4 aromatic rings. The highest BCUT2D eigenvalue weighted by atomic mass is 16.4. The molecule has 4 aromatic carbocycles. The minimum Gasteiger partial charge on any atom is -0.480 e. The normalized spacial score (nSPS) is 20.4. The molecule has 196 valence electrons. The fourth-order valence-corrected chi connectivity index (χ4v) is 5.56. The van der Waals surface area contributed by atoms with E-state index in [0.29, 0.717) is 22.4 Å². The number of carboxylic acids is 1. The summed E-state index contributed by atoms with van der Waals surface area (Å²) in [6.07, 6.45) is 0. The Hall–Kier alpha value is -4.71. The topological polar surface area (TPSA) is 86.7 Å². The van der Waals surface area contributed by atoms with Crippen molar-refractivity contribution in [3.05, 3.63) is 137 Å². The van der Waals surface area contributed by atoms with E-state index in [1.807, 2.05) is 86.6 Å². The molecule has 1 aliphatic heterocycles. The Kier molecular flexibility index (Phi) is 7.28. The number of benzene rings is 4. The van der Waals surface area contributed by atoms with Gasteiger partial charge in [0.2, 0.25) is 0 Å². The van der Waals surface area contributed by atoms with Crippen LogP contribution in [0.15, 0.2) is 109 Å². The molecule has 2 amide bonds. The summed E-state index contributed by atoms with van der Waals surface area (Å²) in [5.74, 6) is -2.97. The zero-order valence-electron chi connectivity index (χ0n) is 21.8. The maximum atomic E-state index is 14.3. The van der Waals surface area contributed by atoms with Crippen LogP contribution in [-0.2, 0) is 4.79 Å². The van der Waals surface area contributed by atoms with E-state index in [4.69, 9.17) is 0 Å². The number of aryl methyl sites for hydroxylation is 2. The van der Waals surface area contributed by atoms with Crippen LogP contribution in [0.25, 0.3) is 0 Å². The summed E-state index contributed by atoms with van der Waals surface area (Å²) in [7, 11) is 0. The van der Waals surface area contributed by atoms with Crippen molar-refractivity contribution in [3.63, 3.8) is 0 Å². The average molecular weight is 519 g/mol. The lowest BCUT2D eigenvalue weighted by molar-refractivity contribution is -0.142. The van der Waals surface area contributed by atoms with Crippen molar-refractivity contribution in [3.8, 4) is 0 Å². The van der Waals surface area contributed by atoms with E-state index in [9.17, 15) is 19.5 Å². The van der Waals surface area contributed by atoms with Gasteiger partial charge in [-0.1, -0.05) is 108 Å². The summed E-state index contributed by atoms with van der Waals surface area (Å²) >= 11 is 0. The fraction of sp³-hybridized carbons (Fsp3) is 0.182. The Morgan fingerprint density at radius 1 is 0.692 bits per heavy atom. The molecule has 39 heavy (non-hydrogen) atoms. The van der Waals surface area contributed by atoms with Crippen LogP contribution in [-0.4, -0.2) is 33.8 Å². The van der Waals surface area contributed by atoms with Crippen molar-refractivity contribution in [2.45, 2.75) is 31.8 Å². The maximum Gasteiger partial charge on any atom is 0.327 e. The van der Waals surface area contributed by atoms with Gasteiger partial charge in [-0.2, -0.15) is 0 Å². The van der Waals surface area contributed by atoms with Gasteiger partial charge in [0.15, 0.2) is 5.78 Å². The number of Topliss-reactive ketones (excluding diaryl/α,β-unsaturated/α-hetero) is 1. The number of aliphatic carboxylic acids is 1. The van der Waals surface area contributed by atoms with Crippen LogP contribution in [0.1, 0.15) is 44.6 Å². The van der Waals surface area contributed by atoms with Gasteiger partial charge in [-0.3, -0.25) is 4.79 Å². The van der Waals surface area contributed by atoms with E-state index >= 15 is 0 Å². The van der Waals surface area contributed by atoms with E-state index in [1.54, 1.807) is 36.4 Å². The first-order valence-corrected chi connectivity index (χ1v) is 12.9. The van der Waals surface area contributed by atoms with Crippen LogP contribution in [0.5, 0.6) is 0 Å². The van der Waals surface area contributed by atoms with Crippen molar-refractivity contribution in [2.24, 2.45) is 5.92 Å². The van der Waals surface area contributed by atoms with Gasteiger partial charge in [-0.15, -0.1) is 0 Å². The van der Waals surface area contributed by atoms with Crippen LogP contribution in [0.4, 0.5) is 10.5 Å². The van der Waals surface area contributed by atoms with Crippen molar-refractivity contribution < 1.29 is 19.5 Å². The quantitative estimate of drug-likeness (QED) is 0.281. The van der Waals surface area contributed by atoms with Gasteiger partial charge >= 0.3 is 12.0 Å². The number of amides is 2. The molecular formula is C33H30N2O4. The third-order valence-corrected chi connectivity index (χ3v) is 7.42. The summed E-state index contributed by atoms with van der Waals surface area (Å²) in [6, 6.07) is 30.3. The number of hydrogen-bond acceptors (Lipinski definition) is 3. The average Bonchev–Trinajstić information content (AvgIpc) is 3.32. The number of rotatable bonds is 6. The van der Waals surface area contributed by atoms with Gasteiger partial charge in [0.1, 0.15) is 6.04 Å². The summed E-state index contributed by atoms with van der Waals surface area (Å²) in [5, 5.41) is 13.5. The molecule has 0 radical (unpaired) electrons.